The number of hydrogen-bond acceptors (Lipinski definition) is 2. The number of hydrogen-bond donors (Lipinski definition) is 2. The maximum atomic E-state index is 13.0. The van der Waals surface area contributed by atoms with Crippen LogP contribution in [0.25, 0.3) is 0 Å². The highest BCUT2D eigenvalue weighted by atomic mass is 19.4. The minimum atomic E-state index is -6.06. The van der Waals surface area contributed by atoms with Gasteiger partial charge >= 0.3 is 18.1 Å². The number of aliphatic hydroxyl groups is 1. The second-order valence-electron chi connectivity index (χ2n) is 5.49. The molecule has 2 aromatic carbocycles. The van der Waals surface area contributed by atoms with Crippen LogP contribution in [0, 0.1) is 6.92 Å². The summed E-state index contributed by atoms with van der Waals surface area (Å²) in [4.78, 5) is 2.66. The zero-order valence-corrected chi connectivity index (χ0v) is 13.4. The van der Waals surface area contributed by atoms with Crippen LogP contribution in [0.4, 0.5) is 32.0 Å². The predicted octanol–water partition coefficient (Wildman–Crippen LogP) is 4.67. The van der Waals surface area contributed by atoms with Crippen LogP contribution in [0.5, 0.6) is 0 Å². The SMILES string of the molecule is Cc1ccc(C(=NC(O)(C(F)(F)F)C(F)(F)F)Nc2ccccc2)cc1. The van der Waals surface area contributed by atoms with Crippen LogP contribution in [-0.4, -0.2) is 29.0 Å². The first-order chi connectivity index (χ1) is 11.9. The smallest absolute Gasteiger partial charge is 0.355 e. The van der Waals surface area contributed by atoms with Gasteiger partial charge in [-0.25, -0.2) is 4.99 Å². The molecule has 0 atom stereocenters. The quantitative estimate of drug-likeness (QED) is 0.465. The maximum absolute atomic E-state index is 13.0. The summed E-state index contributed by atoms with van der Waals surface area (Å²) in [5.74, 6) is -0.770. The third kappa shape index (κ3) is 4.16. The van der Waals surface area contributed by atoms with Crippen molar-refractivity contribution in [3.63, 3.8) is 0 Å². The molecule has 0 amide bonds. The first-order valence-electron chi connectivity index (χ1n) is 7.29. The van der Waals surface area contributed by atoms with Crippen molar-refractivity contribution in [3.8, 4) is 0 Å². The van der Waals surface area contributed by atoms with Crippen LogP contribution < -0.4 is 5.32 Å². The van der Waals surface area contributed by atoms with Crippen LogP contribution in [-0.2, 0) is 0 Å². The van der Waals surface area contributed by atoms with Gasteiger partial charge in [0.25, 0.3) is 0 Å². The third-order valence-corrected chi connectivity index (χ3v) is 3.43. The van der Waals surface area contributed by atoms with Crippen molar-refractivity contribution in [2.45, 2.75) is 25.0 Å². The van der Waals surface area contributed by atoms with Crippen molar-refractivity contribution in [3.05, 3.63) is 65.7 Å². The fourth-order valence-electron chi connectivity index (χ4n) is 1.98. The van der Waals surface area contributed by atoms with E-state index in [1.54, 1.807) is 13.0 Å². The molecule has 0 aliphatic heterocycles. The van der Waals surface area contributed by atoms with Crippen molar-refractivity contribution in [1.82, 2.24) is 0 Å². The summed E-state index contributed by atoms with van der Waals surface area (Å²) in [5, 5.41) is 11.8. The number of rotatable bonds is 3. The molecule has 0 aliphatic rings. The van der Waals surface area contributed by atoms with E-state index in [1.807, 2.05) is 0 Å². The number of para-hydroxylation sites is 1. The average Bonchev–Trinajstić information content (AvgIpc) is 2.54. The number of nitrogens with zero attached hydrogens (tertiary/aromatic N) is 1. The number of anilines is 1. The van der Waals surface area contributed by atoms with Gasteiger partial charge in [0.15, 0.2) is 0 Å². The van der Waals surface area contributed by atoms with E-state index in [4.69, 9.17) is 0 Å². The van der Waals surface area contributed by atoms with E-state index in [-0.39, 0.29) is 11.3 Å². The Morgan fingerprint density at radius 3 is 1.81 bits per heavy atom. The third-order valence-electron chi connectivity index (χ3n) is 3.43. The Morgan fingerprint density at radius 1 is 0.846 bits per heavy atom. The van der Waals surface area contributed by atoms with Gasteiger partial charge in [0.1, 0.15) is 5.84 Å². The van der Waals surface area contributed by atoms with Crippen molar-refractivity contribution in [1.29, 1.82) is 0 Å². The molecule has 0 unspecified atom stereocenters. The molecule has 0 saturated heterocycles. The summed E-state index contributed by atoms with van der Waals surface area (Å²) in [6.07, 6.45) is -12.1. The summed E-state index contributed by atoms with van der Waals surface area (Å²) in [5.41, 5.74) is -4.35. The minimum Gasteiger partial charge on any atom is -0.355 e. The van der Waals surface area contributed by atoms with Crippen molar-refractivity contribution in [2.75, 3.05) is 5.32 Å². The molecule has 0 aromatic heterocycles. The van der Waals surface area contributed by atoms with Crippen LogP contribution >= 0.6 is 0 Å². The monoisotopic (exact) mass is 376 g/mol. The highest BCUT2D eigenvalue weighted by Crippen LogP contribution is 2.44. The van der Waals surface area contributed by atoms with Gasteiger partial charge in [-0.3, -0.25) is 0 Å². The van der Waals surface area contributed by atoms with Crippen LogP contribution in [0.3, 0.4) is 0 Å². The predicted molar refractivity (Wildman–Crippen MR) is 84.8 cm³/mol. The number of aryl methyl sites for hydroxylation is 1. The Labute approximate surface area is 145 Å². The Bertz CT molecular complexity index is 753. The molecule has 2 aromatic rings. The molecule has 0 saturated carbocycles. The molecule has 2 rings (SSSR count). The normalized spacial score (nSPS) is 13.6. The van der Waals surface area contributed by atoms with Crippen molar-refractivity contribution < 1.29 is 31.4 Å². The lowest BCUT2D eigenvalue weighted by atomic mass is 10.1. The number of aliphatic imine (C=N–C) groups is 1. The molecule has 3 nitrogen and oxygen atoms in total. The number of alkyl halides is 6. The number of benzene rings is 2. The van der Waals surface area contributed by atoms with Gasteiger partial charge < -0.3 is 10.4 Å². The van der Waals surface area contributed by atoms with Gasteiger partial charge in [0.2, 0.25) is 0 Å². The number of amidine groups is 1. The van der Waals surface area contributed by atoms with Crippen LogP contribution in [0.1, 0.15) is 11.1 Å². The fourth-order valence-corrected chi connectivity index (χ4v) is 1.98. The molecule has 140 valence electrons. The Morgan fingerprint density at radius 2 is 1.35 bits per heavy atom. The average molecular weight is 376 g/mol. The topological polar surface area (TPSA) is 44.6 Å². The Kier molecular flexibility index (Phi) is 5.31. The lowest BCUT2D eigenvalue weighted by Gasteiger charge is -2.29. The van der Waals surface area contributed by atoms with Gasteiger partial charge in [0, 0.05) is 11.3 Å². The first-order valence-corrected chi connectivity index (χ1v) is 7.29. The summed E-state index contributed by atoms with van der Waals surface area (Å²) < 4.78 is 77.8. The van der Waals surface area contributed by atoms with E-state index in [0.29, 0.717) is 0 Å². The van der Waals surface area contributed by atoms with Crippen LogP contribution in [0.15, 0.2) is 59.6 Å². The minimum absolute atomic E-state index is 0.0496. The molecule has 9 heteroatoms. The summed E-state index contributed by atoms with van der Waals surface area (Å²) in [6, 6.07) is 13.2. The summed E-state index contributed by atoms with van der Waals surface area (Å²) in [7, 11) is 0. The van der Waals surface area contributed by atoms with Gasteiger partial charge in [-0.05, 0) is 19.1 Å². The lowest BCUT2D eigenvalue weighted by molar-refractivity contribution is -0.364. The number of halogens is 6. The molecular weight excluding hydrogens is 362 g/mol. The van der Waals surface area contributed by atoms with E-state index in [0.717, 1.165) is 5.56 Å². The van der Waals surface area contributed by atoms with Gasteiger partial charge in [-0.1, -0.05) is 48.0 Å². The standard InChI is InChI=1S/C17H14F6N2O/c1-11-7-9-12(10-8-11)14(24-13-5-3-2-4-6-13)25-15(26,16(18,19)20)17(21,22)23/h2-10,26H,1H3,(H,24,25). The summed E-state index contributed by atoms with van der Waals surface area (Å²) in [6.45, 7) is 1.70. The van der Waals surface area contributed by atoms with E-state index < -0.39 is 23.9 Å². The van der Waals surface area contributed by atoms with E-state index in [1.165, 1.54) is 48.5 Å². The van der Waals surface area contributed by atoms with Gasteiger partial charge in [-0.15, -0.1) is 0 Å². The molecule has 26 heavy (non-hydrogen) atoms. The molecular formula is C17H14F6N2O. The zero-order chi connectivity index (χ0) is 19.6. The first kappa shape index (κ1) is 19.8. The highest BCUT2D eigenvalue weighted by Gasteiger charge is 2.71. The van der Waals surface area contributed by atoms with Crippen molar-refractivity contribution in [2.24, 2.45) is 4.99 Å². The highest BCUT2D eigenvalue weighted by molar-refractivity contribution is 6.08. The molecule has 0 aliphatic carbocycles. The second kappa shape index (κ2) is 6.99. The van der Waals surface area contributed by atoms with E-state index in [9.17, 15) is 31.4 Å². The molecule has 0 radical (unpaired) electrons. The molecule has 0 heterocycles. The van der Waals surface area contributed by atoms with Gasteiger partial charge in [-0.2, -0.15) is 26.3 Å². The summed E-state index contributed by atoms with van der Waals surface area (Å²) >= 11 is 0. The van der Waals surface area contributed by atoms with E-state index >= 15 is 0 Å². The van der Waals surface area contributed by atoms with Gasteiger partial charge in [0.05, 0.1) is 0 Å². The second-order valence-corrected chi connectivity index (χ2v) is 5.49. The lowest BCUT2D eigenvalue weighted by Crippen LogP contribution is -2.56. The van der Waals surface area contributed by atoms with E-state index in [2.05, 4.69) is 10.3 Å². The molecule has 0 bridgehead atoms. The number of nitrogens with one attached hydrogen (secondary N) is 1. The Hall–Kier alpha value is -2.55. The zero-order valence-electron chi connectivity index (χ0n) is 13.4. The van der Waals surface area contributed by atoms with Crippen LogP contribution in [0.2, 0.25) is 0 Å². The Balaban J connectivity index is 2.61. The molecule has 2 N–H and O–H groups in total. The largest absolute Gasteiger partial charge is 0.448 e. The molecule has 0 fully saturated rings. The fraction of sp³-hybridized carbons (Fsp3) is 0.235. The van der Waals surface area contributed by atoms with Crippen molar-refractivity contribution >= 4 is 11.5 Å². The maximum Gasteiger partial charge on any atom is 0.448 e. The molecule has 0 spiro atoms.